The van der Waals surface area contributed by atoms with Gasteiger partial charge in [0.25, 0.3) is 5.69 Å². The molecule has 5 heteroatoms. The number of benzene rings is 1. The van der Waals surface area contributed by atoms with Gasteiger partial charge >= 0.3 is 0 Å². The number of rotatable bonds is 1. The van der Waals surface area contributed by atoms with Crippen molar-refractivity contribution in [1.29, 1.82) is 0 Å². The van der Waals surface area contributed by atoms with Crippen LogP contribution >= 0.6 is 0 Å². The number of nitro groups is 1. The molecule has 0 aliphatic carbocycles. The molecule has 4 nitrogen and oxygen atoms in total. The van der Waals surface area contributed by atoms with E-state index in [1.54, 1.807) is 0 Å². The van der Waals surface area contributed by atoms with Gasteiger partial charge in [-0.3, -0.25) is 10.1 Å². The van der Waals surface area contributed by atoms with E-state index in [4.69, 9.17) is 5.11 Å². The molecule has 1 rings (SSSR count). The van der Waals surface area contributed by atoms with Gasteiger partial charge in [0.15, 0.2) is 0 Å². The molecule has 0 atom stereocenters. The number of non-ortho nitro benzene ring substituents is 1. The maximum Gasteiger partial charge on any atom is 0.273 e. The molecule has 0 unspecified atom stereocenters. The Kier molecular flexibility index (Phi) is 3.57. The second-order valence-electron chi connectivity index (χ2n) is 1.78. The molecule has 0 amide bonds. The van der Waals surface area contributed by atoms with E-state index in [1.807, 2.05) is 0 Å². The van der Waals surface area contributed by atoms with Crippen LogP contribution in [-0.4, -0.2) is 10.0 Å². The van der Waals surface area contributed by atoms with Gasteiger partial charge in [-0.25, -0.2) is 0 Å². The largest absolute Gasteiger partial charge is 0.508 e. The van der Waals surface area contributed by atoms with Gasteiger partial charge in [-0.15, -0.1) is 0 Å². The van der Waals surface area contributed by atoms with Gasteiger partial charge in [-0.2, -0.15) is 0 Å². The van der Waals surface area contributed by atoms with E-state index in [1.165, 1.54) is 18.2 Å². The molecule has 0 aliphatic rings. The maximum absolute atomic E-state index is 10.0. The van der Waals surface area contributed by atoms with Crippen LogP contribution in [0, 0.1) is 10.1 Å². The number of hydrogen-bond acceptors (Lipinski definition) is 3. The van der Waals surface area contributed by atoms with E-state index in [0.717, 1.165) is 6.07 Å². The zero-order valence-corrected chi connectivity index (χ0v) is 6.48. The summed E-state index contributed by atoms with van der Waals surface area (Å²) in [6.07, 6.45) is 0. The molecule has 0 saturated heterocycles. The van der Waals surface area contributed by atoms with Crippen LogP contribution in [0.25, 0.3) is 0 Å². The van der Waals surface area contributed by atoms with Crippen molar-refractivity contribution in [3.8, 4) is 5.75 Å². The Balaban J connectivity index is 0.000001000. The summed E-state index contributed by atoms with van der Waals surface area (Å²) >= 11 is 0. The summed E-state index contributed by atoms with van der Waals surface area (Å²) in [5, 5.41) is 18.8. The average Bonchev–Trinajstić information content (AvgIpc) is 1.88. The van der Waals surface area contributed by atoms with Crippen LogP contribution in [0.1, 0.15) is 0 Å². The van der Waals surface area contributed by atoms with Crippen molar-refractivity contribution in [2.45, 2.75) is 0 Å². The van der Waals surface area contributed by atoms with Gasteiger partial charge in [-0.05, 0) is 6.07 Å². The van der Waals surface area contributed by atoms with Gasteiger partial charge in [0.05, 0.1) is 11.0 Å². The molecule has 0 bridgehead atoms. The van der Waals surface area contributed by atoms with E-state index in [9.17, 15) is 10.1 Å². The quantitative estimate of drug-likeness (QED) is 0.417. The Labute approximate surface area is 73.5 Å². The summed E-state index contributed by atoms with van der Waals surface area (Å²) in [6, 6.07) is 5.22. The predicted octanol–water partition coefficient (Wildman–Crippen LogP) is 1.30. The van der Waals surface area contributed by atoms with Crippen molar-refractivity contribution in [2.75, 3.05) is 0 Å². The zero-order chi connectivity index (χ0) is 7.56. The van der Waals surface area contributed by atoms with Crippen molar-refractivity contribution < 1.29 is 27.1 Å². The second kappa shape index (κ2) is 3.95. The van der Waals surface area contributed by atoms with E-state index >= 15 is 0 Å². The molecule has 1 aromatic carbocycles. The third-order valence-corrected chi connectivity index (χ3v) is 1.04. The predicted molar refractivity (Wildman–Crippen MR) is 34.8 cm³/mol. The first-order valence-electron chi connectivity index (χ1n) is 2.63. The monoisotopic (exact) mass is 195 g/mol. The number of aromatic hydroxyl groups is 1. The van der Waals surface area contributed by atoms with E-state index in [2.05, 4.69) is 0 Å². The molecule has 0 fully saturated rings. The summed E-state index contributed by atoms with van der Waals surface area (Å²) in [6.45, 7) is 0. The Bertz CT molecular complexity index is 264. The topological polar surface area (TPSA) is 63.4 Å². The van der Waals surface area contributed by atoms with E-state index in [0.29, 0.717) is 0 Å². The Morgan fingerprint density at radius 1 is 1.45 bits per heavy atom. The van der Waals surface area contributed by atoms with Crippen molar-refractivity contribution in [2.24, 2.45) is 0 Å². The zero-order valence-electron chi connectivity index (χ0n) is 5.37. The Morgan fingerprint density at radius 2 is 2.09 bits per heavy atom. The summed E-state index contributed by atoms with van der Waals surface area (Å²) in [4.78, 5) is 9.49. The SMILES string of the molecule is O=[N+]([O-])c1cccc(O)c1.[Fe]. The van der Waals surface area contributed by atoms with Crippen LogP contribution in [0.3, 0.4) is 0 Å². The summed E-state index contributed by atoms with van der Waals surface area (Å²) in [5.41, 5.74) is -0.0972. The summed E-state index contributed by atoms with van der Waals surface area (Å²) in [7, 11) is 0. The second-order valence-corrected chi connectivity index (χ2v) is 1.78. The van der Waals surface area contributed by atoms with Crippen LogP contribution in [0.5, 0.6) is 5.75 Å². The van der Waals surface area contributed by atoms with Crippen molar-refractivity contribution in [3.05, 3.63) is 34.4 Å². The first-order chi connectivity index (χ1) is 4.70. The minimum atomic E-state index is -0.556. The van der Waals surface area contributed by atoms with Crippen LogP contribution in [0.2, 0.25) is 0 Å². The molecule has 0 aliphatic heterocycles. The minimum absolute atomic E-state index is 0. The molecule has 0 saturated carbocycles. The molecule has 1 aromatic rings. The fraction of sp³-hybridized carbons (Fsp3) is 0. The van der Waals surface area contributed by atoms with Crippen molar-refractivity contribution in [1.82, 2.24) is 0 Å². The standard InChI is InChI=1S/C6H5NO3.Fe/c8-6-3-1-2-5(4-6)7(9)10;/h1-4,8H;. The van der Waals surface area contributed by atoms with Gasteiger partial charge in [0.1, 0.15) is 5.75 Å². The van der Waals surface area contributed by atoms with Gasteiger partial charge in [0.2, 0.25) is 0 Å². The van der Waals surface area contributed by atoms with E-state index in [-0.39, 0.29) is 28.5 Å². The van der Waals surface area contributed by atoms with Gasteiger partial charge in [0, 0.05) is 23.1 Å². The summed E-state index contributed by atoms with van der Waals surface area (Å²) < 4.78 is 0. The third kappa shape index (κ3) is 2.57. The van der Waals surface area contributed by atoms with E-state index < -0.39 is 4.92 Å². The molecule has 1 N–H and O–H groups in total. The molecule has 0 aromatic heterocycles. The normalized spacial score (nSPS) is 8.36. The van der Waals surface area contributed by atoms with Crippen LogP contribution in [-0.2, 0) is 17.1 Å². The van der Waals surface area contributed by atoms with Gasteiger partial charge in [-0.1, -0.05) is 6.07 Å². The molecule has 0 heterocycles. The number of phenolic OH excluding ortho intramolecular Hbond substituents is 1. The van der Waals surface area contributed by atoms with Gasteiger partial charge < -0.3 is 5.11 Å². The summed E-state index contributed by atoms with van der Waals surface area (Å²) in [5.74, 6) is -0.0887. The smallest absolute Gasteiger partial charge is 0.273 e. The maximum atomic E-state index is 10.0. The molecule has 0 radical (unpaired) electrons. The Morgan fingerprint density at radius 3 is 2.45 bits per heavy atom. The fourth-order valence-electron chi connectivity index (χ4n) is 0.607. The Hall–Kier alpha value is -1.06. The van der Waals surface area contributed by atoms with Crippen LogP contribution in [0.4, 0.5) is 5.69 Å². The average molecular weight is 195 g/mol. The first kappa shape index (κ1) is 9.94. The van der Waals surface area contributed by atoms with Crippen molar-refractivity contribution >= 4 is 5.69 Å². The number of nitrogens with zero attached hydrogens (tertiary/aromatic N) is 1. The number of phenols is 1. The van der Waals surface area contributed by atoms with Crippen molar-refractivity contribution in [3.63, 3.8) is 0 Å². The molecular formula is C6H5FeNO3. The number of hydrogen-bond donors (Lipinski definition) is 1. The minimum Gasteiger partial charge on any atom is -0.508 e. The molecule has 0 spiro atoms. The van der Waals surface area contributed by atoms with Crippen LogP contribution < -0.4 is 0 Å². The molecular weight excluding hydrogens is 190 g/mol. The third-order valence-electron chi connectivity index (χ3n) is 1.04. The first-order valence-corrected chi connectivity index (χ1v) is 2.63. The number of nitro benzene ring substituents is 1. The van der Waals surface area contributed by atoms with Crippen LogP contribution in [0.15, 0.2) is 24.3 Å². The fourth-order valence-corrected chi connectivity index (χ4v) is 0.607. The molecule has 11 heavy (non-hydrogen) atoms. The molecule has 60 valence electrons.